The molecule has 0 unspecified atom stereocenters. The SMILES string of the molecule is CCCCCCCCCCCCCCCCCC[N+](C)(C)CCCCCCC(=O)NCCCN(C)C. The van der Waals surface area contributed by atoms with Gasteiger partial charge in [0.15, 0.2) is 0 Å². The molecule has 0 fully saturated rings. The van der Waals surface area contributed by atoms with Gasteiger partial charge in [-0.25, -0.2) is 0 Å². The van der Waals surface area contributed by atoms with Gasteiger partial charge in [0.05, 0.1) is 27.2 Å². The number of hydrogen-bond acceptors (Lipinski definition) is 2. The van der Waals surface area contributed by atoms with Crippen LogP contribution in [-0.2, 0) is 4.79 Å². The van der Waals surface area contributed by atoms with Crippen LogP contribution in [0.3, 0.4) is 0 Å². The van der Waals surface area contributed by atoms with E-state index in [4.69, 9.17) is 0 Å². The number of rotatable bonds is 28. The van der Waals surface area contributed by atoms with Gasteiger partial charge in [0.25, 0.3) is 0 Å². The van der Waals surface area contributed by atoms with Gasteiger partial charge in [-0.3, -0.25) is 4.79 Å². The molecular weight excluding hydrogens is 442 g/mol. The van der Waals surface area contributed by atoms with Crippen molar-refractivity contribution in [2.75, 3.05) is 54.4 Å². The van der Waals surface area contributed by atoms with E-state index < -0.39 is 0 Å². The predicted molar refractivity (Wildman–Crippen MR) is 161 cm³/mol. The van der Waals surface area contributed by atoms with E-state index in [9.17, 15) is 4.79 Å². The Balaban J connectivity index is 3.38. The number of quaternary nitrogens is 1. The highest BCUT2D eigenvalue weighted by Crippen LogP contribution is 2.14. The molecule has 0 radical (unpaired) electrons. The summed E-state index contributed by atoms with van der Waals surface area (Å²) in [5.74, 6) is 0.230. The number of carbonyl (C=O) groups excluding carboxylic acids is 1. The standard InChI is InChI=1S/C32H67N3O/c1-6-7-8-9-10-11-12-13-14-15-16-17-18-19-21-24-30-35(4,5)31-25-22-20-23-27-32(36)33-28-26-29-34(2)3/h6-31H2,1-5H3/p+1. The third-order valence-corrected chi connectivity index (χ3v) is 7.64. The Bertz CT molecular complexity index is 464. The van der Waals surface area contributed by atoms with Crippen LogP contribution in [0.4, 0.5) is 0 Å². The van der Waals surface area contributed by atoms with Crippen LogP contribution < -0.4 is 5.32 Å². The lowest BCUT2D eigenvalue weighted by Gasteiger charge is -2.30. The zero-order valence-corrected chi connectivity index (χ0v) is 25.7. The minimum Gasteiger partial charge on any atom is -0.356 e. The molecule has 1 N–H and O–H groups in total. The van der Waals surface area contributed by atoms with Gasteiger partial charge in [-0.15, -0.1) is 0 Å². The zero-order valence-electron chi connectivity index (χ0n) is 25.7. The summed E-state index contributed by atoms with van der Waals surface area (Å²) in [5.41, 5.74) is 0. The van der Waals surface area contributed by atoms with Crippen LogP contribution in [0, 0.1) is 0 Å². The summed E-state index contributed by atoms with van der Waals surface area (Å²) >= 11 is 0. The number of nitrogens with zero attached hydrogens (tertiary/aromatic N) is 2. The van der Waals surface area contributed by atoms with E-state index in [0.717, 1.165) is 30.4 Å². The average Bonchev–Trinajstić information content (AvgIpc) is 2.83. The third-order valence-electron chi connectivity index (χ3n) is 7.64. The first kappa shape index (κ1) is 35.4. The fourth-order valence-corrected chi connectivity index (χ4v) is 5.09. The lowest BCUT2D eigenvalue weighted by Crippen LogP contribution is -2.41. The van der Waals surface area contributed by atoms with Gasteiger partial charge >= 0.3 is 0 Å². The van der Waals surface area contributed by atoms with Crippen LogP contribution in [0.25, 0.3) is 0 Å². The molecule has 0 aromatic rings. The van der Waals surface area contributed by atoms with Gasteiger partial charge in [-0.2, -0.15) is 0 Å². The summed E-state index contributed by atoms with van der Waals surface area (Å²) in [6.45, 7) is 6.73. The van der Waals surface area contributed by atoms with Crippen molar-refractivity contribution in [3.63, 3.8) is 0 Å². The maximum absolute atomic E-state index is 11.9. The van der Waals surface area contributed by atoms with E-state index in [1.54, 1.807) is 0 Å². The minimum atomic E-state index is 0.230. The molecule has 216 valence electrons. The molecule has 0 saturated carbocycles. The van der Waals surface area contributed by atoms with Crippen LogP contribution >= 0.6 is 0 Å². The Morgan fingerprint density at radius 2 is 0.972 bits per heavy atom. The number of unbranched alkanes of at least 4 members (excludes halogenated alkanes) is 18. The van der Waals surface area contributed by atoms with Gasteiger partial charge in [-0.1, -0.05) is 103 Å². The average molecular weight is 511 g/mol. The summed E-state index contributed by atoms with van der Waals surface area (Å²) in [5, 5.41) is 3.05. The van der Waals surface area contributed by atoms with Crippen LogP contribution in [0.1, 0.15) is 148 Å². The highest BCUT2D eigenvalue weighted by Gasteiger charge is 2.13. The van der Waals surface area contributed by atoms with Crippen LogP contribution in [0.15, 0.2) is 0 Å². The van der Waals surface area contributed by atoms with Gasteiger partial charge in [0, 0.05) is 13.0 Å². The Kier molecular flexibility index (Phi) is 25.6. The van der Waals surface area contributed by atoms with Gasteiger partial charge in [-0.05, 0) is 59.2 Å². The highest BCUT2D eigenvalue weighted by atomic mass is 16.1. The molecule has 0 aromatic carbocycles. The molecule has 0 aliphatic rings. The Morgan fingerprint density at radius 1 is 0.583 bits per heavy atom. The van der Waals surface area contributed by atoms with Crippen molar-refractivity contribution in [3.8, 4) is 0 Å². The first-order valence-electron chi connectivity index (χ1n) is 16.1. The minimum absolute atomic E-state index is 0.230. The largest absolute Gasteiger partial charge is 0.356 e. The molecule has 1 amide bonds. The van der Waals surface area contributed by atoms with Crippen molar-refractivity contribution in [2.24, 2.45) is 0 Å². The van der Waals surface area contributed by atoms with Crippen molar-refractivity contribution >= 4 is 5.91 Å². The van der Waals surface area contributed by atoms with E-state index in [0.29, 0.717) is 6.42 Å². The second-order valence-electron chi connectivity index (χ2n) is 12.4. The molecule has 0 rings (SSSR count). The number of nitrogens with one attached hydrogen (secondary N) is 1. The molecule has 0 heterocycles. The Morgan fingerprint density at radius 3 is 1.39 bits per heavy atom. The first-order valence-corrected chi connectivity index (χ1v) is 16.1. The molecule has 4 nitrogen and oxygen atoms in total. The fourth-order valence-electron chi connectivity index (χ4n) is 5.09. The molecule has 0 atom stereocenters. The quantitative estimate of drug-likeness (QED) is 0.0847. The van der Waals surface area contributed by atoms with E-state index in [2.05, 4.69) is 45.3 Å². The molecule has 0 aliphatic heterocycles. The summed E-state index contributed by atoms with van der Waals surface area (Å²) in [6.07, 6.45) is 29.5. The zero-order chi connectivity index (χ0) is 26.7. The maximum atomic E-state index is 11.9. The van der Waals surface area contributed by atoms with E-state index in [-0.39, 0.29) is 5.91 Å². The van der Waals surface area contributed by atoms with E-state index in [1.807, 2.05) is 0 Å². The summed E-state index contributed by atoms with van der Waals surface area (Å²) in [6, 6.07) is 0. The second-order valence-corrected chi connectivity index (χ2v) is 12.4. The monoisotopic (exact) mass is 511 g/mol. The molecule has 0 aromatic heterocycles. The lowest BCUT2D eigenvalue weighted by atomic mass is 10.0. The highest BCUT2D eigenvalue weighted by molar-refractivity contribution is 5.75. The van der Waals surface area contributed by atoms with Gasteiger partial charge < -0.3 is 14.7 Å². The smallest absolute Gasteiger partial charge is 0.219 e. The molecule has 0 bridgehead atoms. The number of carbonyl (C=O) groups is 1. The van der Waals surface area contributed by atoms with Crippen LogP contribution in [0.2, 0.25) is 0 Å². The molecular formula is C32H68N3O+. The summed E-state index contributed by atoms with van der Waals surface area (Å²) < 4.78 is 1.16. The first-order chi connectivity index (χ1) is 17.4. The Labute approximate surface area is 227 Å². The maximum Gasteiger partial charge on any atom is 0.219 e. The molecule has 36 heavy (non-hydrogen) atoms. The van der Waals surface area contributed by atoms with Crippen molar-refractivity contribution in [1.82, 2.24) is 10.2 Å². The summed E-state index contributed by atoms with van der Waals surface area (Å²) in [4.78, 5) is 14.0. The number of amides is 1. The van der Waals surface area contributed by atoms with Crippen molar-refractivity contribution < 1.29 is 9.28 Å². The summed E-state index contributed by atoms with van der Waals surface area (Å²) in [7, 11) is 8.94. The van der Waals surface area contributed by atoms with Crippen LogP contribution in [0.5, 0.6) is 0 Å². The van der Waals surface area contributed by atoms with E-state index in [1.165, 1.54) is 135 Å². The molecule has 0 saturated heterocycles. The molecule has 0 spiro atoms. The van der Waals surface area contributed by atoms with E-state index >= 15 is 0 Å². The van der Waals surface area contributed by atoms with Crippen LogP contribution in [-0.4, -0.2) is 69.7 Å². The van der Waals surface area contributed by atoms with Crippen molar-refractivity contribution in [1.29, 1.82) is 0 Å². The normalized spacial score (nSPS) is 11.9. The van der Waals surface area contributed by atoms with Gasteiger partial charge in [0.1, 0.15) is 0 Å². The number of hydrogen-bond donors (Lipinski definition) is 1. The predicted octanol–water partition coefficient (Wildman–Crippen LogP) is 8.34. The van der Waals surface area contributed by atoms with Gasteiger partial charge in [0.2, 0.25) is 5.91 Å². The second kappa shape index (κ2) is 26.0. The third kappa shape index (κ3) is 28.0. The fraction of sp³-hybridized carbons (Fsp3) is 0.969. The lowest BCUT2D eigenvalue weighted by molar-refractivity contribution is -0.890. The topological polar surface area (TPSA) is 32.3 Å². The molecule has 0 aliphatic carbocycles. The molecule has 4 heteroatoms. The van der Waals surface area contributed by atoms with Crippen molar-refractivity contribution in [3.05, 3.63) is 0 Å². The van der Waals surface area contributed by atoms with Crippen molar-refractivity contribution in [2.45, 2.75) is 148 Å². The Hall–Kier alpha value is -0.610.